The third-order valence-electron chi connectivity index (χ3n) is 5.96. The molecule has 0 bridgehead atoms. The van der Waals surface area contributed by atoms with Crippen LogP contribution in [0.2, 0.25) is 0 Å². The molecule has 0 aliphatic carbocycles. The normalized spacial score (nSPS) is 18.2. The van der Waals surface area contributed by atoms with Gasteiger partial charge in [0.15, 0.2) is 0 Å². The molecular formula is C28H41N3O8. The molecule has 1 aliphatic rings. The van der Waals surface area contributed by atoms with E-state index in [0.717, 1.165) is 5.56 Å². The maximum absolute atomic E-state index is 13.0. The van der Waals surface area contributed by atoms with Gasteiger partial charge in [-0.3, -0.25) is 14.4 Å². The highest BCUT2D eigenvalue weighted by atomic mass is 16.5. The highest BCUT2D eigenvalue weighted by Crippen LogP contribution is 2.14. The maximum Gasteiger partial charge on any atom is 0.407 e. The molecule has 0 fully saturated rings. The van der Waals surface area contributed by atoms with Gasteiger partial charge < -0.3 is 35.3 Å². The van der Waals surface area contributed by atoms with Crippen LogP contribution in [0, 0.1) is 5.92 Å². The number of allylic oxidation sites excluding steroid dienone is 2. The Labute approximate surface area is 229 Å². The summed E-state index contributed by atoms with van der Waals surface area (Å²) in [6.07, 6.45) is 6.11. The number of rotatable bonds is 14. The number of hydrogen-bond donors (Lipinski definition) is 4. The minimum Gasteiger partial charge on any atom is -0.463 e. The van der Waals surface area contributed by atoms with Crippen molar-refractivity contribution in [3.63, 3.8) is 0 Å². The zero-order valence-electron chi connectivity index (χ0n) is 22.4. The number of ether oxygens (including phenoxy) is 3. The SMILES string of the molecule is O=C(C[C@H]1CC=CCCC(=O)OC[C@H](CCCCNC(=O)OCc2ccccc2)NC1=O)NCCOCCO. The third kappa shape index (κ3) is 14.9. The van der Waals surface area contributed by atoms with Gasteiger partial charge in [0.1, 0.15) is 13.2 Å². The van der Waals surface area contributed by atoms with Gasteiger partial charge in [-0.2, -0.15) is 0 Å². The van der Waals surface area contributed by atoms with Crippen LogP contribution in [0.4, 0.5) is 4.79 Å². The fraction of sp³-hybridized carbons (Fsp3) is 0.571. The van der Waals surface area contributed by atoms with E-state index in [1.807, 2.05) is 42.5 Å². The summed E-state index contributed by atoms with van der Waals surface area (Å²) in [7, 11) is 0. The number of esters is 1. The van der Waals surface area contributed by atoms with Crippen LogP contribution < -0.4 is 16.0 Å². The fourth-order valence-corrected chi connectivity index (χ4v) is 3.85. The first kappa shape index (κ1) is 31.8. The van der Waals surface area contributed by atoms with Crippen LogP contribution in [0.3, 0.4) is 0 Å². The first-order valence-corrected chi connectivity index (χ1v) is 13.5. The molecular weight excluding hydrogens is 506 g/mol. The molecule has 11 nitrogen and oxygen atoms in total. The minimum absolute atomic E-state index is 0.0116. The van der Waals surface area contributed by atoms with Crippen LogP contribution in [-0.4, -0.2) is 74.5 Å². The molecule has 0 spiro atoms. The van der Waals surface area contributed by atoms with Crippen molar-refractivity contribution in [3.8, 4) is 0 Å². The van der Waals surface area contributed by atoms with Crippen molar-refractivity contribution in [2.75, 3.05) is 39.5 Å². The molecule has 1 aromatic rings. The number of carbonyl (C=O) groups excluding carboxylic acids is 4. The van der Waals surface area contributed by atoms with E-state index in [2.05, 4.69) is 16.0 Å². The molecule has 1 heterocycles. The molecule has 0 radical (unpaired) electrons. The number of nitrogens with one attached hydrogen (secondary N) is 3. The third-order valence-corrected chi connectivity index (χ3v) is 5.96. The number of benzene rings is 1. The molecule has 1 aliphatic heterocycles. The lowest BCUT2D eigenvalue weighted by Crippen LogP contribution is -2.43. The van der Waals surface area contributed by atoms with Gasteiger partial charge in [0.05, 0.1) is 31.8 Å². The Morgan fingerprint density at radius 1 is 1.05 bits per heavy atom. The molecule has 3 amide bonds. The molecule has 11 heteroatoms. The van der Waals surface area contributed by atoms with Gasteiger partial charge in [-0.25, -0.2) is 4.79 Å². The second-order valence-corrected chi connectivity index (χ2v) is 9.21. The molecule has 2 rings (SSSR count). The Morgan fingerprint density at radius 2 is 1.87 bits per heavy atom. The summed E-state index contributed by atoms with van der Waals surface area (Å²) in [4.78, 5) is 49.3. The average Bonchev–Trinajstić information content (AvgIpc) is 2.93. The van der Waals surface area contributed by atoms with Crippen molar-refractivity contribution in [1.82, 2.24) is 16.0 Å². The number of aliphatic hydroxyl groups excluding tert-OH is 1. The smallest absolute Gasteiger partial charge is 0.407 e. The second kappa shape index (κ2) is 19.6. The van der Waals surface area contributed by atoms with Crippen molar-refractivity contribution in [1.29, 1.82) is 0 Å². The van der Waals surface area contributed by atoms with E-state index in [4.69, 9.17) is 19.3 Å². The summed E-state index contributed by atoms with van der Waals surface area (Å²) in [5.74, 6) is -1.45. The quantitative estimate of drug-likeness (QED) is 0.157. The van der Waals surface area contributed by atoms with Crippen molar-refractivity contribution < 1.29 is 38.5 Å². The Bertz CT molecular complexity index is 909. The van der Waals surface area contributed by atoms with Crippen molar-refractivity contribution >= 4 is 23.9 Å². The van der Waals surface area contributed by atoms with Gasteiger partial charge in [0.25, 0.3) is 0 Å². The lowest BCUT2D eigenvalue weighted by Gasteiger charge is -2.23. The van der Waals surface area contributed by atoms with Gasteiger partial charge in [-0.05, 0) is 37.7 Å². The Morgan fingerprint density at radius 3 is 2.67 bits per heavy atom. The van der Waals surface area contributed by atoms with Crippen LogP contribution >= 0.6 is 0 Å². The predicted octanol–water partition coefficient (Wildman–Crippen LogP) is 1.98. The Balaban J connectivity index is 1.79. The zero-order chi connectivity index (χ0) is 28.1. The molecule has 0 saturated carbocycles. The van der Waals surface area contributed by atoms with Gasteiger partial charge in [-0.1, -0.05) is 42.5 Å². The Kier molecular flexibility index (Phi) is 16.0. The monoisotopic (exact) mass is 547 g/mol. The van der Waals surface area contributed by atoms with Crippen LogP contribution in [0.1, 0.15) is 50.5 Å². The molecule has 0 aromatic heterocycles. The van der Waals surface area contributed by atoms with Crippen molar-refractivity contribution in [3.05, 3.63) is 48.0 Å². The average molecular weight is 548 g/mol. The molecule has 0 saturated heterocycles. The number of unbranched alkanes of at least 4 members (excludes halogenated alkanes) is 1. The summed E-state index contributed by atoms with van der Waals surface area (Å²) in [5.41, 5.74) is 0.902. The first-order chi connectivity index (χ1) is 19.0. The largest absolute Gasteiger partial charge is 0.463 e. The van der Waals surface area contributed by atoms with E-state index >= 15 is 0 Å². The van der Waals surface area contributed by atoms with Crippen LogP contribution in [0.25, 0.3) is 0 Å². The van der Waals surface area contributed by atoms with E-state index in [9.17, 15) is 19.2 Å². The molecule has 4 N–H and O–H groups in total. The standard InChI is InChI=1S/C28H41N3O8/c32-16-18-37-17-15-29-25(33)19-23-11-5-2-6-13-26(34)38-21-24(31-27(23)35)12-7-8-14-30-28(36)39-20-22-9-3-1-4-10-22/h1-5,9-10,23-24,32H,6-8,11-21H2,(H,29,33)(H,30,36)(H,31,35)/t23-,24+/m1/s1. The van der Waals surface area contributed by atoms with Gasteiger partial charge >= 0.3 is 12.1 Å². The number of amides is 3. The second-order valence-electron chi connectivity index (χ2n) is 9.21. The zero-order valence-corrected chi connectivity index (χ0v) is 22.4. The predicted molar refractivity (Wildman–Crippen MR) is 143 cm³/mol. The highest BCUT2D eigenvalue weighted by Gasteiger charge is 2.24. The number of cyclic esters (lactones) is 1. The van der Waals surface area contributed by atoms with Crippen LogP contribution in [0.5, 0.6) is 0 Å². The molecule has 1 aromatic carbocycles. The molecule has 2 atom stereocenters. The van der Waals surface area contributed by atoms with Crippen LogP contribution in [-0.2, 0) is 35.2 Å². The highest BCUT2D eigenvalue weighted by molar-refractivity contribution is 5.86. The number of hydrogen-bond acceptors (Lipinski definition) is 8. The first-order valence-electron chi connectivity index (χ1n) is 13.5. The summed E-state index contributed by atoms with van der Waals surface area (Å²) in [6.45, 7) is 1.32. The summed E-state index contributed by atoms with van der Waals surface area (Å²) in [5, 5.41) is 17.1. The molecule has 0 unspecified atom stereocenters. The van der Waals surface area contributed by atoms with E-state index < -0.39 is 18.1 Å². The van der Waals surface area contributed by atoms with Crippen molar-refractivity contribution in [2.45, 2.75) is 57.6 Å². The summed E-state index contributed by atoms with van der Waals surface area (Å²) < 4.78 is 15.7. The van der Waals surface area contributed by atoms with E-state index in [-0.39, 0.29) is 70.2 Å². The number of carbonyl (C=O) groups is 4. The Hall–Kier alpha value is -3.44. The maximum atomic E-state index is 13.0. The van der Waals surface area contributed by atoms with E-state index in [0.29, 0.717) is 38.6 Å². The molecule has 39 heavy (non-hydrogen) atoms. The minimum atomic E-state index is -0.571. The van der Waals surface area contributed by atoms with Gasteiger partial charge in [-0.15, -0.1) is 0 Å². The van der Waals surface area contributed by atoms with Gasteiger partial charge in [0, 0.05) is 25.9 Å². The lowest BCUT2D eigenvalue weighted by atomic mass is 9.98. The fourth-order valence-electron chi connectivity index (χ4n) is 3.85. The van der Waals surface area contributed by atoms with E-state index in [1.54, 1.807) is 0 Å². The van der Waals surface area contributed by atoms with Crippen LogP contribution in [0.15, 0.2) is 42.5 Å². The lowest BCUT2D eigenvalue weighted by molar-refractivity contribution is -0.145. The summed E-state index contributed by atoms with van der Waals surface area (Å²) >= 11 is 0. The summed E-state index contributed by atoms with van der Waals surface area (Å²) in [6, 6.07) is 8.98. The number of aliphatic hydroxyl groups is 1. The van der Waals surface area contributed by atoms with Gasteiger partial charge in [0.2, 0.25) is 11.8 Å². The number of alkyl carbamates (subject to hydrolysis) is 1. The molecule has 216 valence electrons. The van der Waals surface area contributed by atoms with E-state index in [1.165, 1.54) is 0 Å². The topological polar surface area (TPSA) is 152 Å². The van der Waals surface area contributed by atoms with Crippen molar-refractivity contribution in [2.24, 2.45) is 5.92 Å².